The third kappa shape index (κ3) is 4.42. The minimum atomic E-state index is -0.0152. The maximum Gasteiger partial charge on any atom is 0.152 e. The summed E-state index contributed by atoms with van der Waals surface area (Å²) in [5.74, 6) is 0.237. The Morgan fingerprint density at radius 3 is 2.74 bits per heavy atom. The average molecular weight is 263 g/mol. The number of carbonyl (C=O) groups is 1. The normalized spacial score (nSPS) is 20.7. The van der Waals surface area contributed by atoms with Crippen molar-refractivity contribution in [2.45, 2.75) is 19.9 Å². The van der Waals surface area contributed by atoms with E-state index in [9.17, 15) is 4.79 Å². The molecule has 1 aliphatic rings. The van der Waals surface area contributed by atoms with Crippen LogP contribution in [0.4, 0.5) is 0 Å². The van der Waals surface area contributed by atoms with E-state index in [0.717, 1.165) is 19.5 Å². The van der Waals surface area contributed by atoms with E-state index in [1.165, 1.54) is 5.56 Å². The van der Waals surface area contributed by atoms with E-state index in [1.807, 2.05) is 25.1 Å². The summed E-state index contributed by atoms with van der Waals surface area (Å²) >= 11 is 0. The van der Waals surface area contributed by atoms with Gasteiger partial charge in [-0.05, 0) is 25.5 Å². The molecule has 0 saturated carbocycles. The molecule has 0 spiro atoms. The van der Waals surface area contributed by atoms with Crippen LogP contribution in [0.15, 0.2) is 30.3 Å². The molecule has 0 N–H and O–H groups in total. The topological polar surface area (TPSA) is 38.8 Å². The number of hydrogen-bond acceptors (Lipinski definition) is 4. The summed E-state index contributed by atoms with van der Waals surface area (Å²) in [7, 11) is 0. The van der Waals surface area contributed by atoms with Gasteiger partial charge in [0.05, 0.1) is 19.8 Å². The second kappa shape index (κ2) is 7.38. The highest BCUT2D eigenvalue weighted by atomic mass is 17.2. The van der Waals surface area contributed by atoms with Crippen molar-refractivity contribution in [3.8, 4) is 0 Å². The summed E-state index contributed by atoms with van der Waals surface area (Å²) in [6, 6.07) is 10.2. The van der Waals surface area contributed by atoms with E-state index >= 15 is 0 Å². The van der Waals surface area contributed by atoms with E-state index in [-0.39, 0.29) is 11.7 Å². The lowest BCUT2D eigenvalue weighted by molar-refractivity contribution is -0.297. The van der Waals surface area contributed by atoms with Gasteiger partial charge in [0.25, 0.3) is 0 Å². The lowest BCUT2D eigenvalue weighted by atomic mass is 9.96. The molecule has 0 aliphatic carbocycles. The maximum absolute atomic E-state index is 12.0. The summed E-state index contributed by atoms with van der Waals surface area (Å²) < 4.78 is 0. The lowest BCUT2D eigenvalue weighted by Crippen LogP contribution is -2.41. The average Bonchev–Trinajstić information content (AvgIpc) is 2.43. The molecular weight excluding hydrogens is 242 g/mol. The number of hydrogen-bond donors (Lipinski definition) is 0. The highest BCUT2D eigenvalue weighted by molar-refractivity contribution is 5.83. The third-order valence-electron chi connectivity index (χ3n) is 3.35. The van der Waals surface area contributed by atoms with Crippen LogP contribution in [0, 0.1) is 5.92 Å². The van der Waals surface area contributed by atoms with Gasteiger partial charge in [-0.15, -0.1) is 0 Å². The quantitative estimate of drug-likeness (QED) is 0.447. The fourth-order valence-corrected chi connectivity index (χ4v) is 2.29. The standard InChI is InChI=1S/C15H21NO3/c1-2-18-19-12-14-8-9-16(11-15(14)17)10-13-6-4-3-5-7-13/h3-7,14H,2,8-12H2,1H3. The van der Waals surface area contributed by atoms with Gasteiger partial charge in [-0.25, -0.2) is 9.78 Å². The molecule has 0 amide bonds. The molecule has 1 unspecified atom stereocenters. The van der Waals surface area contributed by atoms with Gasteiger partial charge < -0.3 is 0 Å². The van der Waals surface area contributed by atoms with Crippen molar-refractivity contribution in [1.29, 1.82) is 0 Å². The van der Waals surface area contributed by atoms with Crippen molar-refractivity contribution in [3.05, 3.63) is 35.9 Å². The summed E-state index contributed by atoms with van der Waals surface area (Å²) in [4.78, 5) is 24.0. The molecular formula is C15H21NO3. The van der Waals surface area contributed by atoms with Crippen LogP contribution in [0.25, 0.3) is 0 Å². The fourth-order valence-electron chi connectivity index (χ4n) is 2.29. The lowest BCUT2D eigenvalue weighted by Gasteiger charge is -2.30. The van der Waals surface area contributed by atoms with E-state index < -0.39 is 0 Å². The Hall–Kier alpha value is -1.23. The van der Waals surface area contributed by atoms with Gasteiger partial charge in [-0.2, -0.15) is 0 Å². The molecule has 4 nitrogen and oxygen atoms in total. The second-order valence-electron chi connectivity index (χ2n) is 4.84. The van der Waals surface area contributed by atoms with Gasteiger partial charge in [0.15, 0.2) is 5.78 Å². The molecule has 1 fully saturated rings. The zero-order valence-electron chi connectivity index (χ0n) is 11.4. The second-order valence-corrected chi connectivity index (χ2v) is 4.84. The molecule has 1 heterocycles. The summed E-state index contributed by atoms with van der Waals surface area (Å²) in [5.41, 5.74) is 1.25. The highest BCUT2D eigenvalue weighted by Gasteiger charge is 2.27. The smallest absolute Gasteiger partial charge is 0.152 e. The molecule has 4 heteroatoms. The molecule has 2 rings (SSSR count). The first kappa shape index (κ1) is 14.2. The number of piperidine rings is 1. The van der Waals surface area contributed by atoms with Crippen molar-refractivity contribution in [1.82, 2.24) is 4.90 Å². The Labute approximate surface area is 114 Å². The van der Waals surface area contributed by atoms with Crippen LogP contribution < -0.4 is 0 Å². The van der Waals surface area contributed by atoms with Crippen molar-refractivity contribution in [3.63, 3.8) is 0 Å². The first-order valence-corrected chi connectivity index (χ1v) is 6.83. The van der Waals surface area contributed by atoms with Crippen LogP contribution in [0.3, 0.4) is 0 Å². The molecule has 1 aromatic rings. The van der Waals surface area contributed by atoms with Gasteiger partial charge in [0, 0.05) is 12.5 Å². The van der Waals surface area contributed by atoms with E-state index in [4.69, 9.17) is 9.78 Å². The largest absolute Gasteiger partial charge is 0.298 e. The van der Waals surface area contributed by atoms with Crippen LogP contribution in [0.2, 0.25) is 0 Å². The molecule has 1 aliphatic heterocycles. The first-order chi connectivity index (χ1) is 9.29. The molecule has 0 bridgehead atoms. The molecule has 0 aromatic heterocycles. The van der Waals surface area contributed by atoms with Gasteiger partial charge in [-0.1, -0.05) is 30.3 Å². The number of ketones is 1. The predicted octanol–water partition coefficient (Wildman–Crippen LogP) is 2.05. The molecule has 0 radical (unpaired) electrons. The Bertz CT molecular complexity index is 394. The minimum absolute atomic E-state index is 0.0152. The zero-order chi connectivity index (χ0) is 13.5. The number of benzene rings is 1. The van der Waals surface area contributed by atoms with E-state index in [1.54, 1.807) is 0 Å². The Morgan fingerprint density at radius 2 is 2.05 bits per heavy atom. The molecule has 19 heavy (non-hydrogen) atoms. The maximum atomic E-state index is 12.0. The van der Waals surface area contributed by atoms with Crippen molar-refractivity contribution in [2.75, 3.05) is 26.3 Å². The van der Waals surface area contributed by atoms with E-state index in [0.29, 0.717) is 19.8 Å². The minimum Gasteiger partial charge on any atom is -0.298 e. The summed E-state index contributed by atoms with van der Waals surface area (Å²) in [5, 5.41) is 0. The molecule has 1 aromatic carbocycles. The number of nitrogens with zero attached hydrogens (tertiary/aromatic N) is 1. The van der Waals surface area contributed by atoms with Crippen LogP contribution in [0.5, 0.6) is 0 Å². The SMILES string of the molecule is CCOOCC1CCN(Cc2ccccc2)CC1=O. The summed E-state index contributed by atoms with van der Waals surface area (Å²) in [6.07, 6.45) is 0.846. The summed E-state index contributed by atoms with van der Waals surface area (Å²) in [6.45, 7) is 5.04. The Balaban J connectivity index is 1.78. The van der Waals surface area contributed by atoms with Crippen LogP contribution in [-0.4, -0.2) is 37.0 Å². The van der Waals surface area contributed by atoms with E-state index in [2.05, 4.69) is 17.0 Å². The van der Waals surface area contributed by atoms with Crippen LogP contribution in [0.1, 0.15) is 18.9 Å². The molecule has 1 saturated heterocycles. The number of likely N-dealkylation sites (tertiary alicyclic amines) is 1. The third-order valence-corrected chi connectivity index (χ3v) is 3.35. The fraction of sp³-hybridized carbons (Fsp3) is 0.533. The van der Waals surface area contributed by atoms with Crippen molar-refractivity contribution >= 4 is 5.78 Å². The Morgan fingerprint density at radius 1 is 1.26 bits per heavy atom. The van der Waals surface area contributed by atoms with Gasteiger partial charge in [0.2, 0.25) is 0 Å². The highest BCUT2D eigenvalue weighted by Crippen LogP contribution is 2.16. The Kier molecular flexibility index (Phi) is 5.51. The molecule has 104 valence electrons. The first-order valence-electron chi connectivity index (χ1n) is 6.83. The molecule has 1 atom stereocenters. The zero-order valence-corrected chi connectivity index (χ0v) is 11.4. The van der Waals surface area contributed by atoms with Crippen LogP contribution in [-0.2, 0) is 21.1 Å². The van der Waals surface area contributed by atoms with Gasteiger partial charge in [-0.3, -0.25) is 9.69 Å². The van der Waals surface area contributed by atoms with Crippen molar-refractivity contribution < 1.29 is 14.6 Å². The number of Topliss-reactive ketones (excluding diaryl/α,β-unsaturated/α-hetero) is 1. The number of rotatable bonds is 6. The van der Waals surface area contributed by atoms with Gasteiger partial charge in [0.1, 0.15) is 0 Å². The monoisotopic (exact) mass is 263 g/mol. The van der Waals surface area contributed by atoms with Crippen LogP contribution >= 0.6 is 0 Å². The van der Waals surface area contributed by atoms with Gasteiger partial charge >= 0.3 is 0 Å². The van der Waals surface area contributed by atoms with Crippen molar-refractivity contribution in [2.24, 2.45) is 5.92 Å². The number of carbonyl (C=O) groups excluding carboxylic acids is 1. The predicted molar refractivity (Wildman–Crippen MR) is 72.4 cm³/mol.